The Morgan fingerprint density at radius 3 is 2.10 bits per heavy atom. The molecule has 1 aliphatic rings. The molecule has 8 nitrogen and oxygen atoms in total. The first-order chi connectivity index (χ1) is 19.7. The molecule has 0 radical (unpaired) electrons. The molecule has 5 rings (SSSR count). The molecule has 2 amide bonds. The van der Waals surface area contributed by atoms with Gasteiger partial charge >= 0.3 is 0 Å². The average Bonchev–Trinajstić information content (AvgIpc) is 3.24. The highest BCUT2D eigenvalue weighted by Crippen LogP contribution is 2.31. The third kappa shape index (κ3) is 5.70. The molecule has 10 heteroatoms. The van der Waals surface area contributed by atoms with Gasteiger partial charge in [0, 0.05) is 39.0 Å². The number of nitrogens with zero attached hydrogens (tertiary/aromatic N) is 3. The van der Waals surface area contributed by atoms with Gasteiger partial charge in [-0.15, -0.1) is 0 Å². The summed E-state index contributed by atoms with van der Waals surface area (Å²) in [6.45, 7) is 5.96. The van der Waals surface area contributed by atoms with Crippen molar-refractivity contribution < 1.29 is 14.5 Å². The fourth-order valence-corrected chi connectivity index (χ4v) is 5.79. The molecule has 0 atom stereocenters. The summed E-state index contributed by atoms with van der Waals surface area (Å²) in [7, 11) is 0. The van der Waals surface area contributed by atoms with Crippen LogP contribution in [0.4, 0.5) is 11.4 Å². The molecule has 41 heavy (non-hydrogen) atoms. The molecule has 0 saturated carbocycles. The third-order valence-corrected chi connectivity index (χ3v) is 8.15. The number of anilines is 1. The predicted molar refractivity (Wildman–Crippen MR) is 164 cm³/mol. The van der Waals surface area contributed by atoms with E-state index in [1.165, 1.54) is 28.8 Å². The summed E-state index contributed by atoms with van der Waals surface area (Å²) in [6.07, 6.45) is 2.49. The van der Waals surface area contributed by atoms with Gasteiger partial charge in [0.25, 0.3) is 17.5 Å². The van der Waals surface area contributed by atoms with Crippen LogP contribution in [0.3, 0.4) is 0 Å². The molecule has 1 N–H and O–H groups in total. The molecule has 2 heterocycles. The zero-order chi connectivity index (χ0) is 29.3. The van der Waals surface area contributed by atoms with Crippen molar-refractivity contribution in [3.63, 3.8) is 0 Å². The van der Waals surface area contributed by atoms with Crippen molar-refractivity contribution in [3.05, 3.63) is 117 Å². The predicted octanol–water partition coefficient (Wildman–Crippen LogP) is 6.55. The van der Waals surface area contributed by atoms with Crippen LogP contribution in [0.15, 0.2) is 94.2 Å². The van der Waals surface area contributed by atoms with E-state index >= 15 is 0 Å². The molecular weight excluding hydrogens is 556 g/mol. The maximum Gasteiger partial charge on any atom is 0.270 e. The van der Waals surface area contributed by atoms with E-state index in [2.05, 4.69) is 16.8 Å². The van der Waals surface area contributed by atoms with Gasteiger partial charge in [0.15, 0.2) is 5.11 Å². The Bertz CT molecular complexity index is 1710. The van der Waals surface area contributed by atoms with Gasteiger partial charge in [-0.1, -0.05) is 30.8 Å². The Hall–Kier alpha value is -4.54. The number of hydrogen-bond acceptors (Lipinski definition) is 6. The lowest BCUT2D eigenvalue weighted by atomic mass is 10.1. The number of thiocarbonyl (C=S) groups is 1. The van der Waals surface area contributed by atoms with Crippen LogP contribution in [0, 0.1) is 24.0 Å². The second-order valence-electron chi connectivity index (χ2n) is 9.49. The molecule has 0 spiro atoms. The fraction of sp³-hybridized carbons (Fsp3) is 0.129. The number of nitro benzene ring substituents is 1. The zero-order valence-electron chi connectivity index (χ0n) is 22.6. The Kier molecular flexibility index (Phi) is 7.87. The van der Waals surface area contributed by atoms with E-state index in [9.17, 15) is 19.7 Å². The maximum atomic E-state index is 13.5. The Morgan fingerprint density at radius 2 is 1.51 bits per heavy atom. The molecule has 0 aliphatic carbocycles. The molecule has 0 bridgehead atoms. The number of carbonyl (C=O) groups is 2. The number of benzene rings is 3. The summed E-state index contributed by atoms with van der Waals surface area (Å²) in [6, 6.07) is 23.9. The number of amides is 2. The number of non-ortho nitro benzene ring substituents is 1. The van der Waals surface area contributed by atoms with E-state index in [1.807, 2.05) is 68.4 Å². The molecule has 1 aromatic heterocycles. The van der Waals surface area contributed by atoms with Crippen LogP contribution in [-0.2, 0) is 16.0 Å². The van der Waals surface area contributed by atoms with E-state index in [-0.39, 0.29) is 16.4 Å². The van der Waals surface area contributed by atoms with Gasteiger partial charge in [-0.05, 0) is 104 Å². The number of carbonyl (C=O) groups excluding carboxylic acids is 2. The van der Waals surface area contributed by atoms with E-state index < -0.39 is 16.7 Å². The lowest BCUT2D eigenvalue weighted by molar-refractivity contribution is -0.384. The van der Waals surface area contributed by atoms with Gasteiger partial charge in [0.1, 0.15) is 5.57 Å². The van der Waals surface area contributed by atoms with Gasteiger partial charge in [0.05, 0.1) is 10.6 Å². The highest BCUT2D eigenvalue weighted by Gasteiger charge is 2.34. The number of aromatic nitrogens is 1. The van der Waals surface area contributed by atoms with Gasteiger partial charge < -0.3 is 4.57 Å². The van der Waals surface area contributed by atoms with Crippen LogP contribution < -0.4 is 10.2 Å². The Balaban J connectivity index is 1.40. The van der Waals surface area contributed by atoms with Crippen molar-refractivity contribution in [2.75, 3.05) is 4.90 Å². The van der Waals surface area contributed by atoms with Crippen molar-refractivity contribution in [2.45, 2.75) is 37.0 Å². The molecule has 1 aliphatic heterocycles. The second-order valence-corrected chi connectivity index (χ2v) is 11.0. The number of nitro groups is 1. The van der Waals surface area contributed by atoms with Crippen LogP contribution in [0.25, 0.3) is 11.8 Å². The molecule has 4 aromatic rings. The Labute approximate surface area is 246 Å². The summed E-state index contributed by atoms with van der Waals surface area (Å²) in [4.78, 5) is 40.1. The topological polar surface area (TPSA) is 97.5 Å². The highest BCUT2D eigenvalue weighted by molar-refractivity contribution is 7.99. The lowest BCUT2D eigenvalue weighted by Gasteiger charge is -2.29. The molecule has 1 fully saturated rings. The minimum atomic E-state index is -0.529. The number of hydrogen-bond donors (Lipinski definition) is 1. The monoisotopic (exact) mass is 582 g/mol. The summed E-state index contributed by atoms with van der Waals surface area (Å²) in [5, 5.41) is 13.6. The van der Waals surface area contributed by atoms with Gasteiger partial charge in [-0.3, -0.25) is 29.9 Å². The minimum Gasteiger partial charge on any atom is -0.318 e. The van der Waals surface area contributed by atoms with Gasteiger partial charge in [-0.25, -0.2) is 0 Å². The van der Waals surface area contributed by atoms with E-state index in [0.717, 1.165) is 44.4 Å². The first kappa shape index (κ1) is 28.0. The first-order valence-corrected chi connectivity index (χ1v) is 14.1. The molecular formula is C31H26N4O4S2. The fourth-order valence-electron chi connectivity index (χ4n) is 4.69. The largest absolute Gasteiger partial charge is 0.318 e. The van der Waals surface area contributed by atoms with Crippen LogP contribution in [0.5, 0.6) is 0 Å². The van der Waals surface area contributed by atoms with Crippen molar-refractivity contribution in [2.24, 2.45) is 0 Å². The van der Waals surface area contributed by atoms with Crippen molar-refractivity contribution in [1.82, 2.24) is 9.88 Å². The standard InChI is InChI=1S/C31H26N4O4S2/c1-4-21-5-7-24(8-6-21)34-30(37)28(29(36)32-31(34)40)18-22-17-19(2)33(20(22)3)23-9-13-26(14-10-23)41-27-15-11-25(12-16-27)35(38)39/h5-18H,4H2,1-3H3,(H,32,36,40)/b28-18+. The number of rotatable bonds is 7. The van der Waals surface area contributed by atoms with Crippen molar-refractivity contribution in [3.8, 4) is 5.69 Å². The summed E-state index contributed by atoms with van der Waals surface area (Å²) in [5.41, 5.74) is 5.29. The van der Waals surface area contributed by atoms with Crippen LogP contribution >= 0.6 is 24.0 Å². The van der Waals surface area contributed by atoms with Crippen LogP contribution in [-0.4, -0.2) is 26.4 Å². The number of nitrogens with one attached hydrogen (secondary N) is 1. The van der Waals surface area contributed by atoms with Crippen molar-refractivity contribution in [1.29, 1.82) is 0 Å². The second kappa shape index (κ2) is 11.5. The van der Waals surface area contributed by atoms with E-state index in [4.69, 9.17) is 12.2 Å². The van der Waals surface area contributed by atoms with Gasteiger partial charge in [-0.2, -0.15) is 0 Å². The van der Waals surface area contributed by atoms with Crippen molar-refractivity contribution >= 4 is 58.4 Å². The molecule has 0 unspecified atom stereocenters. The van der Waals surface area contributed by atoms with Gasteiger partial charge in [0.2, 0.25) is 0 Å². The lowest BCUT2D eigenvalue weighted by Crippen LogP contribution is -2.54. The van der Waals surface area contributed by atoms with Crippen LogP contribution in [0.2, 0.25) is 0 Å². The van der Waals surface area contributed by atoms with E-state index in [1.54, 1.807) is 18.2 Å². The Morgan fingerprint density at radius 1 is 0.927 bits per heavy atom. The molecule has 3 aromatic carbocycles. The highest BCUT2D eigenvalue weighted by atomic mass is 32.2. The molecule has 206 valence electrons. The summed E-state index contributed by atoms with van der Waals surface area (Å²) >= 11 is 6.85. The molecule has 1 saturated heterocycles. The smallest absolute Gasteiger partial charge is 0.270 e. The third-order valence-electron chi connectivity index (χ3n) is 6.85. The first-order valence-electron chi connectivity index (χ1n) is 12.9. The number of aryl methyl sites for hydroxylation is 2. The van der Waals surface area contributed by atoms with E-state index in [0.29, 0.717) is 5.69 Å². The normalized spacial score (nSPS) is 14.5. The zero-order valence-corrected chi connectivity index (χ0v) is 24.2. The summed E-state index contributed by atoms with van der Waals surface area (Å²) < 4.78 is 2.06. The maximum absolute atomic E-state index is 13.5. The quantitative estimate of drug-likeness (QED) is 0.0873. The SMILES string of the molecule is CCc1ccc(N2C(=O)/C(=C/c3cc(C)n(-c4ccc(Sc5ccc([N+](=O)[O-])cc5)cc4)c3C)C(=O)NC2=S)cc1. The minimum absolute atomic E-state index is 0.00765. The summed E-state index contributed by atoms with van der Waals surface area (Å²) in [5.74, 6) is -1.00. The van der Waals surface area contributed by atoms with Crippen LogP contribution in [0.1, 0.15) is 29.4 Å². The average molecular weight is 583 g/mol.